The molecule has 0 aliphatic carbocycles. The summed E-state index contributed by atoms with van der Waals surface area (Å²) in [4.78, 5) is 10.7. The van der Waals surface area contributed by atoms with E-state index in [0.29, 0.717) is 5.92 Å². The number of primary amides is 1. The molecule has 90 valence electrons. The van der Waals surface area contributed by atoms with E-state index in [1.54, 1.807) is 6.20 Å². The molecule has 5 nitrogen and oxygen atoms in total. The summed E-state index contributed by atoms with van der Waals surface area (Å²) in [5.74, 6) is 0.356. The van der Waals surface area contributed by atoms with E-state index >= 15 is 0 Å². The standard InChI is InChI=1S/C11H19N3O2/c1-9(8-14-6-4-5-13-14)7-11(2,3)16-10(12)15/h4-6,9H,7-8H2,1-3H3,(H2,12,15)/t9-/m1/s1. The molecule has 1 atom stereocenters. The van der Waals surface area contributed by atoms with Crippen molar-refractivity contribution in [3.8, 4) is 0 Å². The molecule has 0 unspecified atom stereocenters. The molecule has 5 heteroatoms. The maximum absolute atomic E-state index is 10.7. The molecule has 1 aromatic rings. The summed E-state index contributed by atoms with van der Waals surface area (Å²) in [5.41, 5.74) is 4.48. The van der Waals surface area contributed by atoms with Gasteiger partial charge in [-0.1, -0.05) is 6.92 Å². The fourth-order valence-corrected chi connectivity index (χ4v) is 1.95. The molecule has 0 aliphatic rings. The van der Waals surface area contributed by atoms with Crippen LogP contribution in [0.4, 0.5) is 4.79 Å². The number of hydrogen-bond acceptors (Lipinski definition) is 3. The molecule has 0 radical (unpaired) electrons. The van der Waals surface area contributed by atoms with Crippen LogP contribution in [0, 0.1) is 5.92 Å². The number of amides is 1. The Bertz CT molecular complexity index is 333. The lowest BCUT2D eigenvalue weighted by molar-refractivity contribution is 0.0262. The van der Waals surface area contributed by atoms with Gasteiger partial charge in [-0.15, -0.1) is 0 Å². The first-order chi connectivity index (χ1) is 7.39. The molecule has 0 aliphatic heterocycles. The van der Waals surface area contributed by atoms with Crippen LogP contribution in [0.2, 0.25) is 0 Å². The highest BCUT2D eigenvalue weighted by atomic mass is 16.6. The average Bonchev–Trinajstić information content (AvgIpc) is 2.51. The number of carbonyl (C=O) groups excluding carboxylic acids is 1. The highest BCUT2D eigenvalue weighted by Crippen LogP contribution is 2.21. The van der Waals surface area contributed by atoms with Gasteiger partial charge < -0.3 is 10.5 Å². The van der Waals surface area contributed by atoms with Gasteiger partial charge in [-0.2, -0.15) is 5.10 Å². The summed E-state index contributed by atoms with van der Waals surface area (Å²) >= 11 is 0. The highest BCUT2D eigenvalue weighted by molar-refractivity contribution is 5.65. The third kappa shape index (κ3) is 4.33. The number of nitrogens with two attached hydrogens (primary N) is 1. The molecule has 1 rings (SSSR count). The lowest BCUT2D eigenvalue weighted by atomic mass is 9.94. The van der Waals surface area contributed by atoms with Crippen LogP contribution in [0.1, 0.15) is 27.2 Å². The number of hydrogen-bond donors (Lipinski definition) is 1. The van der Waals surface area contributed by atoms with E-state index in [2.05, 4.69) is 12.0 Å². The Morgan fingerprint density at radius 1 is 1.62 bits per heavy atom. The van der Waals surface area contributed by atoms with E-state index in [0.717, 1.165) is 13.0 Å². The van der Waals surface area contributed by atoms with Crippen molar-refractivity contribution >= 4 is 6.09 Å². The van der Waals surface area contributed by atoms with Gasteiger partial charge in [0.05, 0.1) is 0 Å². The number of carbonyl (C=O) groups is 1. The Morgan fingerprint density at radius 3 is 2.81 bits per heavy atom. The van der Waals surface area contributed by atoms with Crippen molar-refractivity contribution in [2.75, 3.05) is 0 Å². The molecular formula is C11H19N3O2. The molecule has 1 aromatic heterocycles. The predicted octanol–water partition coefficient (Wildman–Crippen LogP) is 1.78. The van der Waals surface area contributed by atoms with Crippen LogP contribution in [0.3, 0.4) is 0 Å². The van der Waals surface area contributed by atoms with Crippen molar-refractivity contribution < 1.29 is 9.53 Å². The van der Waals surface area contributed by atoms with Crippen molar-refractivity contribution in [3.05, 3.63) is 18.5 Å². The zero-order valence-electron chi connectivity index (χ0n) is 10.0. The number of rotatable bonds is 5. The first-order valence-electron chi connectivity index (χ1n) is 5.35. The Kier molecular flexibility index (Phi) is 3.93. The third-order valence-electron chi connectivity index (χ3n) is 2.27. The molecule has 0 saturated heterocycles. The van der Waals surface area contributed by atoms with Crippen molar-refractivity contribution in [1.29, 1.82) is 0 Å². The lowest BCUT2D eigenvalue weighted by Gasteiger charge is -2.27. The first-order valence-corrected chi connectivity index (χ1v) is 5.35. The SMILES string of the molecule is C[C@@H](Cn1cccn1)CC(C)(C)OC(N)=O. The summed E-state index contributed by atoms with van der Waals surface area (Å²) < 4.78 is 6.90. The van der Waals surface area contributed by atoms with Crippen molar-refractivity contribution in [2.24, 2.45) is 11.7 Å². The van der Waals surface area contributed by atoms with Crippen LogP contribution >= 0.6 is 0 Å². The van der Waals surface area contributed by atoms with Gasteiger partial charge in [0.15, 0.2) is 0 Å². The monoisotopic (exact) mass is 225 g/mol. The second-order valence-electron chi connectivity index (χ2n) is 4.72. The zero-order valence-corrected chi connectivity index (χ0v) is 10.0. The smallest absolute Gasteiger partial charge is 0.405 e. The maximum Gasteiger partial charge on any atom is 0.405 e. The molecule has 2 N–H and O–H groups in total. The second kappa shape index (κ2) is 5.01. The summed E-state index contributed by atoms with van der Waals surface area (Å²) in [6, 6.07) is 1.89. The van der Waals surface area contributed by atoms with Crippen LogP contribution in [0.25, 0.3) is 0 Å². The van der Waals surface area contributed by atoms with Gasteiger partial charge in [0, 0.05) is 18.9 Å². The van der Waals surface area contributed by atoms with Gasteiger partial charge in [0.25, 0.3) is 0 Å². The lowest BCUT2D eigenvalue weighted by Crippen LogP contribution is -2.33. The average molecular weight is 225 g/mol. The van der Waals surface area contributed by atoms with Gasteiger partial charge in [-0.3, -0.25) is 4.68 Å². The Hall–Kier alpha value is -1.52. The molecule has 16 heavy (non-hydrogen) atoms. The molecule has 1 heterocycles. The number of nitrogens with zero attached hydrogens (tertiary/aromatic N) is 2. The largest absolute Gasteiger partial charge is 0.444 e. The first kappa shape index (κ1) is 12.5. The van der Waals surface area contributed by atoms with Crippen molar-refractivity contribution in [3.63, 3.8) is 0 Å². The highest BCUT2D eigenvalue weighted by Gasteiger charge is 2.24. The van der Waals surface area contributed by atoms with E-state index in [1.165, 1.54) is 0 Å². The number of aromatic nitrogens is 2. The molecule has 0 spiro atoms. The van der Waals surface area contributed by atoms with Gasteiger partial charge in [-0.25, -0.2) is 4.79 Å². The molecular weight excluding hydrogens is 206 g/mol. The molecule has 1 amide bonds. The predicted molar refractivity (Wildman–Crippen MR) is 60.8 cm³/mol. The van der Waals surface area contributed by atoms with Gasteiger partial charge >= 0.3 is 6.09 Å². The van der Waals surface area contributed by atoms with E-state index in [4.69, 9.17) is 10.5 Å². The summed E-state index contributed by atoms with van der Waals surface area (Å²) in [7, 11) is 0. The minimum absolute atomic E-state index is 0.356. The van der Waals surface area contributed by atoms with Crippen molar-refractivity contribution in [1.82, 2.24) is 9.78 Å². The van der Waals surface area contributed by atoms with Crippen LogP contribution < -0.4 is 5.73 Å². The fraction of sp³-hybridized carbons (Fsp3) is 0.636. The molecule has 0 saturated carbocycles. The third-order valence-corrected chi connectivity index (χ3v) is 2.27. The fourth-order valence-electron chi connectivity index (χ4n) is 1.95. The molecule has 0 bridgehead atoms. The van der Waals surface area contributed by atoms with E-state index in [1.807, 2.05) is 30.8 Å². The summed E-state index contributed by atoms with van der Waals surface area (Å²) in [6.07, 6.45) is 3.68. The van der Waals surface area contributed by atoms with E-state index in [-0.39, 0.29) is 0 Å². The zero-order chi connectivity index (χ0) is 12.2. The van der Waals surface area contributed by atoms with E-state index in [9.17, 15) is 4.79 Å². The Morgan fingerprint density at radius 2 is 2.31 bits per heavy atom. The summed E-state index contributed by atoms with van der Waals surface area (Å²) in [5, 5.41) is 4.13. The second-order valence-corrected chi connectivity index (χ2v) is 4.72. The topological polar surface area (TPSA) is 70.1 Å². The van der Waals surface area contributed by atoms with E-state index < -0.39 is 11.7 Å². The quantitative estimate of drug-likeness (QED) is 0.830. The summed E-state index contributed by atoms with van der Waals surface area (Å²) in [6.45, 7) is 6.61. The minimum Gasteiger partial charge on any atom is -0.444 e. The minimum atomic E-state index is -0.726. The normalized spacial score (nSPS) is 13.4. The van der Waals surface area contributed by atoms with Crippen LogP contribution in [0.5, 0.6) is 0 Å². The Balaban J connectivity index is 2.44. The molecule has 0 fully saturated rings. The molecule has 0 aromatic carbocycles. The van der Waals surface area contributed by atoms with Gasteiger partial charge in [-0.05, 0) is 32.3 Å². The maximum atomic E-state index is 10.7. The van der Waals surface area contributed by atoms with Gasteiger partial charge in [0.2, 0.25) is 0 Å². The van der Waals surface area contributed by atoms with Crippen LogP contribution in [-0.2, 0) is 11.3 Å². The van der Waals surface area contributed by atoms with Crippen LogP contribution in [0.15, 0.2) is 18.5 Å². The van der Waals surface area contributed by atoms with Crippen molar-refractivity contribution in [2.45, 2.75) is 39.3 Å². The van der Waals surface area contributed by atoms with Crippen LogP contribution in [-0.4, -0.2) is 21.5 Å². The Labute approximate surface area is 95.6 Å². The van der Waals surface area contributed by atoms with Gasteiger partial charge in [0.1, 0.15) is 5.60 Å². The number of ether oxygens (including phenoxy) is 1.